The van der Waals surface area contributed by atoms with Crippen molar-refractivity contribution in [3.05, 3.63) is 39.9 Å². The number of benzene rings is 1. The molecule has 0 heterocycles. The summed E-state index contributed by atoms with van der Waals surface area (Å²) in [4.78, 5) is 11.6. The van der Waals surface area contributed by atoms with Crippen molar-refractivity contribution in [2.45, 2.75) is 19.8 Å². The van der Waals surface area contributed by atoms with E-state index >= 15 is 0 Å². The first-order chi connectivity index (χ1) is 9.52. The van der Waals surface area contributed by atoms with Crippen LogP contribution in [0.5, 0.6) is 0 Å². The van der Waals surface area contributed by atoms with Crippen molar-refractivity contribution < 1.29 is 9.90 Å². The zero-order valence-electron chi connectivity index (χ0n) is 11.4. The van der Waals surface area contributed by atoms with Crippen molar-refractivity contribution in [1.82, 2.24) is 5.32 Å². The number of aliphatic hydroxyl groups excluding tert-OH is 1. The largest absolute Gasteiger partial charge is 0.396 e. The van der Waals surface area contributed by atoms with E-state index in [1.54, 1.807) is 24.3 Å². The predicted molar refractivity (Wildman–Crippen MR) is 84.0 cm³/mol. The van der Waals surface area contributed by atoms with Crippen molar-refractivity contribution >= 4 is 35.2 Å². The Morgan fingerprint density at radius 2 is 2.20 bits per heavy atom. The Labute approximate surface area is 129 Å². The van der Waals surface area contributed by atoms with Crippen LogP contribution in [-0.4, -0.2) is 24.2 Å². The van der Waals surface area contributed by atoms with Gasteiger partial charge in [-0.3, -0.25) is 4.79 Å². The highest BCUT2D eigenvalue weighted by Crippen LogP contribution is 2.21. The molecule has 1 aromatic carbocycles. The van der Waals surface area contributed by atoms with E-state index in [9.17, 15) is 4.79 Å². The first-order valence-corrected chi connectivity index (χ1v) is 7.30. The SMILES string of the molecule is CC(CO)CCCNC(=O)/C=C/c1ccc(Cl)cc1Cl. The van der Waals surface area contributed by atoms with Gasteiger partial charge in [-0.05, 0) is 42.5 Å². The van der Waals surface area contributed by atoms with Crippen LogP contribution in [0, 0.1) is 5.92 Å². The number of rotatable bonds is 7. The van der Waals surface area contributed by atoms with Gasteiger partial charge in [-0.2, -0.15) is 0 Å². The van der Waals surface area contributed by atoms with Crippen LogP contribution < -0.4 is 5.32 Å². The van der Waals surface area contributed by atoms with Crippen LogP contribution in [0.2, 0.25) is 10.0 Å². The van der Waals surface area contributed by atoms with Crippen molar-refractivity contribution in [2.24, 2.45) is 5.92 Å². The molecular weight excluding hydrogens is 297 g/mol. The Hall–Kier alpha value is -1.03. The number of carbonyl (C=O) groups excluding carboxylic acids is 1. The van der Waals surface area contributed by atoms with Crippen LogP contribution in [0.3, 0.4) is 0 Å². The normalized spacial score (nSPS) is 12.6. The molecule has 1 amide bonds. The molecule has 0 aliphatic heterocycles. The Morgan fingerprint density at radius 3 is 2.85 bits per heavy atom. The Morgan fingerprint density at radius 1 is 1.45 bits per heavy atom. The van der Waals surface area contributed by atoms with Gasteiger partial charge in [0.25, 0.3) is 0 Å². The average molecular weight is 316 g/mol. The van der Waals surface area contributed by atoms with Crippen LogP contribution in [0.25, 0.3) is 6.08 Å². The monoisotopic (exact) mass is 315 g/mol. The maximum absolute atomic E-state index is 11.6. The summed E-state index contributed by atoms with van der Waals surface area (Å²) in [5, 5.41) is 12.7. The van der Waals surface area contributed by atoms with Crippen LogP contribution in [-0.2, 0) is 4.79 Å². The Balaban J connectivity index is 2.36. The molecule has 0 fully saturated rings. The van der Waals surface area contributed by atoms with E-state index in [2.05, 4.69) is 5.32 Å². The van der Waals surface area contributed by atoms with Gasteiger partial charge in [0.2, 0.25) is 5.91 Å². The molecule has 5 heteroatoms. The highest BCUT2D eigenvalue weighted by atomic mass is 35.5. The molecule has 0 bridgehead atoms. The molecule has 0 spiro atoms. The molecule has 20 heavy (non-hydrogen) atoms. The lowest BCUT2D eigenvalue weighted by molar-refractivity contribution is -0.116. The number of nitrogens with one attached hydrogen (secondary N) is 1. The van der Waals surface area contributed by atoms with Crippen molar-refractivity contribution in [2.75, 3.05) is 13.2 Å². The summed E-state index contributed by atoms with van der Waals surface area (Å²) in [6.45, 7) is 2.76. The van der Waals surface area contributed by atoms with Gasteiger partial charge in [0, 0.05) is 29.3 Å². The lowest BCUT2D eigenvalue weighted by atomic mass is 10.1. The minimum Gasteiger partial charge on any atom is -0.396 e. The fourth-order valence-electron chi connectivity index (χ4n) is 1.61. The molecule has 1 unspecified atom stereocenters. The summed E-state index contributed by atoms with van der Waals surface area (Å²) < 4.78 is 0. The van der Waals surface area contributed by atoms with E-state index in [1.807, 2.05) is 6.92 Å². The van der Waals surface area contributed by atoms with Gasteiger partial charge in [0.15, 0.2) is 0 Å². The van der Waals surface area contributed by atoms with Gasteiger partial charge in [-0.1, -0.05) is 36.2 Å². The molecule has 1 aromatic rings. The van der Waals surface area contributed by atoms with Gasteiger partial charge in [0.05, 0.1) is 0 Å². The minimum absolute atomic E-state index is 0.160. The van der Waals surface area contributed by atoms with E-state index in [1.165, 1.54) is 6.08 Å². The quantitative estimate of drug-likeness (QED) is 0.597. The number of halogens is 2. The highest BCUT2D eigenvalue weighted by molar-refractivity contribution is 6.35. The maximum atomic E-state index is 11.6. The number of amides is 1. The van der Waals surface area contributed by atoms with Gasteiger partial charge in [0.1, 0.15) is 0 Å². The van der Waals surface area contributed by atoms with Crippen LogP contribution in [0.4, 0.5) is 0 Å². The molecule has 0 radical (unpaired) electrons. The molecule has 0 aliphatic carbocycles. The number of hydrogen-bond donors (Lipinski definition) is 2. The first kappa shape index (κ1) is 17.0. The summed E-state index contributed by atoms with van der Waals surface area (Å²) in [7, 11) is 0. The van der Waals surface area contributed by atoms with E-state index in [0.717, 1.165) is 18.4 Å². The molecule has 110 valence electrons. The third kappa shape index (κ3) is 6.42. The second-order valence-electron chi connectivity index (χ2n) is 4.72. The van der Waals surface area contributed by atoms with Crippen LogP contribution in [0.15, 0.2) is 24.3 Å². The van der Waals surface area contributed by atoms with Crippen molar-refractivity contribution in [3.63, 3.8) is 0 Å². The van der Waals surface area contributed by atoms with E-state index < -0.39 is 0 Å². The summed E-state index contributed by atoms with van der Waals surface area (Å²) in [5.74, 6) is 0.114. The summed E-state index contributed by atoms with van der Waals surface area (Å²) in [6.07, 6.45) is 4.85. The molecule has 0 aliphatic rings. The molecular formula is C15H19Cl2NO2. The molecule has 1 atom stereocenters. The molecule has 3 nitrogen and oxygen atoms in total. The fraction of sp³-hybridized carbons (Fsp3) is 0.400. The van der Waals surface area contributed by atoms with Crippen LogP contribution in [0.1, 0.15) is 25.3 Å². The summed E-state index contributed by atoms with van der Waals surface area (Å²) in [6, 6.07) is 5.12. The molecule has 0 saturated carbocycles. The Bertz CT molecular complexity index is 475. The third-order valence-electron chi connectivity index (χ3n) is 2.86. The molecule has 0 saturated heterocycles. The fourth-order valence-corrected chi connectivity index (χ4v) is 2.09. The van der Waals surface area contributed by atoms with Gasteiger partial charge in [-0.15, -0.1) is 0 Å². The smallest absolute Gasteiger partial charge is 0.243 e. The second kappa shape index (κ2) is 9.01. The zero-order valence-corrected chi connectivity index (χ0v) is 12.9. The maximum Gasteiger partial charge on any atom is 0.243 e. The second-order valence-corrected chi connectivity index (χ2v) is 5.56. The summed E-state index contributed by atoms with van der Waals surface area (Å²) >= 11 is 11.8. The molecule has 2 N–H and O–H groups in total. The van der Waals surface area contributed by atoms with Gasteiger partial charge < -0.3 is 10.4 Å². The molecule has 1 rings (SSSR count). The lowest BCUT2D eigenvalue weighted by Crippen LogP contribution is -2.22. The third-order valence-corrected chi connectivity index (χ3v) is 3.42. The standard InChI is InChI=1S/C15H19Cl2NO2/c1-11(10-19)3-2-8-18-15(20)7-5-12-4-6-13(16)9-14(12)17/h4-7,9,11,19H,2-3,8,10H2,1H3,(H,18,20)/b7-5+. The zero-order chi connectivity index (χ0) is 15.0. The summed E-state index contributed by atoms with van der Waals surface area (Å²) in [5.41, 5.74) is 0.750. The number of hydrogen-bond acceptors (Lipinski definition) is 2. The first-order valence-electron chi connectivity index (χ1n) is 6.54. The van der Waals surface area contributed by atoms with Crippen molar-refractivity contribution in [1.29, 1.82) is 0 Å². The minimum atomic E-state index is -0.160. The van der Waals surface area contributed by atoms with E-state index in [4.69, 9.17) is 28.3 Å². The highest BCUT2D eigenvalue weighted by Gasteiger charge is 2.01. The number of aliphatic hydroxyl groups is 1. The van der Waals surface area contributed by atoms with Gasteiger partial charge >= 0.3 is 0 Å². The number of carbonyl (C=O) groups is 1. The van der Waals surface area contributed by atoms with Crippen LogP contribution >= 0.6 is 23.2 Å². The predicted octanol–water partition coefficient (Wildman–Crippen LogP) is 3.53. The topological polar surface area (TPSA) is 49.3 Å². The molecule has 0 aromatic heterocycles. The lowest BCUT2D eigenvalue weighted by Gasteiger charge is -2.07. The van der Waals surface area contributed by atoms with E-state index in [-0.39, 0.29) is 18.4 Å². The van der Waals surface area contributed by atoms with Crippen molar-refractivity contribution in [3.8, 4) is 0 Å². The van der Waals surface area contributed by atoms with E-state index in [0.29, 0.717) is 16.6 Å². The van der Waals surface area contributed by atoms with Gasteiger partial charge in [-0.25, -0.2) is 0 Å². The average Bonchev–Trinajstić information content (AvgIpc) is 2.42. The Kier molecular flexibility index (Phi) is 7.67.